The van der Waals surface area contributed by atoms with Crippen LogP contribution in [0.4, 0.5) is 11.4 Å². The van der Waals surface area contributed by atoms with Gasteiger partial charge in [-0.1, -0.05) is 26.0 Å². The van der Waals surface area contributed by atoms with Crippen LogP contribution in [0.15, 0.2) is 18.2 Å². The van der Waals surface area contributed by atoms with Gasteiger partial charge in [-0.3, -0.25) is 10.1 Å². The zero-order valence-corrected chi connectivity index (χ0v) is 11.1. The van der Waals surface area contributed by atoms with Gasteiger partial charge in [0.05, 0.1) is 17.6 Å². The van der Waals surface area contributed by atoms with Crippen molar-refractivity contribution in [2.24, 2.45) is 5.92 Å². The third-order valence-electron chi connectivity index (χ3n) is 2.70. The summed E-state index contributed by atoms with van der Waals surface area (Å²) in [5, 5.41) is 10.7. The number of benzene rings is 1. The summed E-state index contributed by atoms with van der Waals surface area (Å²) in [5.74, 6) is 0.558. The highest BCUT2D eigenvalue weighted by Crippen LogP contribution is 2.25. The van der Waals surface area contributed by atoms with E-state index < -0.39 is 4.92 Å². The summed E-state index contributed by atoms with van der Waals surface area (Å²) >= 11 is 0. The summed E-state index contributed by atoms with van der Waals surface area (Å²) in [7, 11) is 0. The van der Waals surface area contributed by atoms with Crippen LogP contribution in [0.3, 0.4) is 0 Å². The van der Waals surface area contributed by atoms with E-state index in [1.807, 2.05) is 6.92 Å². The van der Waals surface area contributed by atoms with Crippen LogP contribution in [0.1, 0.15) is 32.8 Å². The van der Waals surface area contributed by atoms with Crippen molar-refractivity contribution in [1.82, 2.24) is 0 Å². The highest BCUT2D eigenvalue weighted by Gasteiger charge is 2.15. The minimum atomic E-state index is -0.476. The van der Waals surface area contributed by atoms with Gasteiger partial charge in [0.15, 0.2) is 0 Å². The fraction of sp³-hybridized carbons (Fsp3) is 0.538. The van der Waals surface area contributed by atoms with E-state index in [0.717, 1.165) is 6.42 Å². The Morgan fingerprint density at radius 2 is 2.06 bits per heavy atom. The molecule has 5 nitrogen and oxygen atoms in total. The minimum absolute atomic E-state index is 0.0624. The normalized spacial score (nSPS) is 12.7. The van der Waals surface area contributed by atoms with Gasteiger partial charge in [0, 0.05) is 11.6 Å². The average molecular weight is 252 g/mol. The van der Waals surface area contributed by atoms with Crippen molar-refractivity contribution in [2.45, 2.75) is 39.9 Å². The van der Waals surface area contributed by atoms with Crippen LogP contribution < -0.4 is 5.73 Å². The molecule has 18 heavy (non-hydrogen) atoms. The molecular formula is C13H20N2O3. The third kappa shape index (κ3) is 4.00. The minimum Gasteiger partial charge on any atom is -0.393 e. The molecule has 0 saturated heterocycles. The number of nitrogens with two attached hydrogens (primary N) is 1. The lowest BCUT2D eigenvalue weighted by Gasteiger charge is -2.15. The Bertz CT molecular complexity index is 419. The van der Waals surface area contributed by atoms with E-state index in [2.05, 4.69) is 13.8 Å². The second kappa shape index (κ2) is 6.35. The van der Waals surface area contributed by atoms with Crippen molar-refractivity contribution in [2.75, 3.05) is 5.73 Å². The molecule has 0 aliphatic heterocycles. The molecule has 0 radical (unpaired) electrons. The van der Waals surface area contributed by atoms with Crippen LogP contribution >= 0.6 is 0 Å². The predicted octanol–water partition coefficient (Wildman–Crippen LogP) is 3.13. The van der Waals surface area contributed by atoms with E-state index in [9.17, 15) is 10.1 Å². The van der Waals surface area contributed by atoms with E-state index in [1.165, 1.54) is 6.07 Å². The molecule has 5 heteroatoms. The van der Waals surface area contributed by atoms with E-state index in [1.54, 1.807) is 12.1 Å². The monoisotopic (exact) mass is 252 g/mol. The molecule has 100 valence electrons. The number of para-hydroxylation sites is 1. The smallest absolute Gasteiger partial charge is 0.292 e. The molecule has 0 spiro atoms. The molecule has 1 atom stereocenters. The van der Waals surface area contributed by atoms with Crippen molar-refractivity contribution in [3.63, 3.8) is 0 Å². The van der Waals surface area contributed by atoms with E-state index in [0.29, 0.717) is 18.1 Å². The Balaban J connectivity index is 2.68. The molecule has 0 saturated carbocycles. The maximum absolute atomic E-state index is 10.7. The third-order valence-corrected chi connectivity index (χ3v) is 2.70. The molecular weight excluding hydrogens is 232 g/mol. The van der Waals surface area contributed by atoms with Gasteiger partial charge in [0.1, 0.15) is 5.69 Å². The first-order valence-corrected chi connectivity index (χ1v) is 6.05. The maximum Gasteiger partial charge on any atom is 0.292 e. The lowest BCUT2D eigenvalue weighted by molar-refractivity contribution is -0.384. The van der Waals surface area contributed by atoms with Crippen LogP contribution in [0, 0.1) is 16.0 Å². The zero-order valence-electron chi connectivity index (χ0n) is 11.1. The van der Waals surface area contributed by atoms with Gasteiger partial charge in [0.2, 0.25) is 0 Å². The summed E-state index contributed by atoms with van der Waals surface area (Å²) in [5.41, 5.74) is 6.55. The van der Waals surface area contributed by atoms with Crippen molar-refractivity contribution in [1.29, 1.82) is 0 Å². The van der Waals surface area contributed by atoms with Crippen molar-refractivity contribution in [3.05, 3.63) is 33.9 Å². The standard InChI is InChI=1S/C13H20N2O3/c1-9(2)7-10(3)18-8-11-5-4-6-12(13(11)14)15(16)17/h4-6,9-10H,7-8,14H2,1-3H3. The Kier molecular flexibility index (Phi) is 5.09. The molecule has 1 aromatic carbocycles. The molecule has 0 aliphatic carbocycles. The van der Waals surface area contributed by atoms with Crippen LogP contribution in [0.5, 0.6) is 0 Å². The van der Waals surface area contributed by atoms with Gasteiger partial charge in [-0.2, -0.15) is 0 Å². The Labute approximate surface area is 107 Å². The van der Waals surface area contributed by atoms with E-state index in [4.69, 9.17) is 10.5 Å². The van der Waals surface area contributed by atoms with Crippen molar-refractivity contribution < 1.29 is 9.66 Å². The van der Waals surface area contributed by atoms with Crippen LogP contribution in [-0.4, -0.2) is 11.0 Å². The van der Waals surface area contributed by atoms with Gasteiger partial charge in [-0.05, 0) is 19.3 Å². The first kappa shape index (κ1) is 14.4. The summed E-state index contributed by atoms with van der Waals surface area (Å²) < 4.78 is 5.65. The number of rotatable bonds is 6. The van der Waals surface area contributed by atoms with Gasteiger partial charge in [-0.15, -0.1) is 0 Å². The molecule has 0 aliphatic rings. The number of ether oxygens (including phenoxy) is 1. The number of nitrogens with zero attached hydrogens (tertiary/aromatic N) is 1. The zero-order chi connectivity index (χ0) is 13.7. The second-order valence-corrected chi connectivity index (χ2v) is 4.86. The van der Waals surface area contributed by atoms with Crippen LogP contribution in [-0.2, 0) is 11.3 Å². The maximum atomic E-state index is 10.7. The summed E-state index contributed by atoms with van der Waals surface area (Å²) in [6.45, 7) is 6.55. The highest BCUT2D eigenvalue weighted by molar-refractivity contribution is 5.62. The highest BCUT2D eigenvalue weighted by atomic mass is 16.6. The lowest BCUT2D eigenvalue weighted by atomic mass is 10.1. The molecule has 2 N–H and O–H groups in total. The fourth-order valence-corrected chi connectivity index (χ4v) is 1.85. The topological polar surface area (TPSA) is 78.4 Å². The fourth-order valence-electron chi connectivity index (χ4n) is 1.85. The first-order chi connectivity index (χ1) is 8.41. The quantitative estimate of drug-likeness (QED) is 0.479. The number of nitrogen functional groups attached to an aromatic ring is 1. The molecule has 1 aromatic rings. The van der Waals surface area contributed by atoms with E-state index in [-0.39, 0.29) is 17.5 Å². The molecule has 0 amide bonds. The van der Waals surface area contributed by atoms with Crippen LogP contribution in [0.25, 0.3) is 0 Å². The number of anilines is 1. The van der Waals surface area contributed by atoms with Crippen LogP contribution in [0.2, 0.25) is 0 Å². The van der Waals surface area contributed by atoms with Crippen molar-refractivity contribution in [3.8, 4) is 0 Å². The number of hydrogen-bond acceptors (Lipinski definition) is 4. The molecule has 0 aromatic heterocycles. The molecule has 1 unspecified atom stereocenters. The van der Waals surface area contributed by atoms with Gasteiger partial charge >= 0.3 is 0 Å². The Hall–Kier alpha value is -1.62. The molecule has 0 bridgehead atoms. The summed E-state index contributed by atoms with van der Waals surface area (Å²) in [6, 6.07) is 4.78. The predicted molar refractivity (Wildman–Crippen MR) is 71.2 cm³/mol. The number of nitro benzene ring substituents is 1. The van der Waals surface area contributed by atoms with Gasteiger partial charge in [0.25, 0.3) is 5.69 Å². The molecule has 0 fully saturated rings. The molecule has 1 rings (SSSR count). The Morgan fingerprint density at radius 1 is 1.39 bits per heavy atom. The summed E-state index contributed by atoms with van der Waals surface area (Å²) in [4.78, 5) is 10.3. The SMILES string of the molecule is CC(C)CC(C)OCc1cccc([N+](=O)[O-])c1N. The Morgan fingerprint density at radius 3 is 2.61 bits per heavy atom. The number of hydrogen-bond donors (Lipinski definition) is 1. The van der Waals surface area contributed by atoms with E-state index >= 15 is 0 Å². The summed E-state index contributed by atoms with van der Waals surface area (Å²) in [6.07, 6.45) is 1.07. The first-order valence-electron chi connectivity index (χ1n) is 6.05. The van der Waals surface area contributed by atoms with Gasteiger partial charge in [-0.25, -0.2) is 0 Å². The number of nitro groups is 1. The molecule has 0 heterocycles. The lowest BCUT2D eigenvalue weighted by Crippen LogP contribution is -2.12. The largest absolute Gasteiger partial charge is 0.393 e. The second-order valence-electron chi connectivity index (χ2n) is 4.86. The average Bonchev–Trinajstić information content (AvgIpc) is 2.26. The van der Waals surface area contributed by atoms with Gasteiger partial charge < -0.3 is 10.5 Å². The van der Waals surface area contributed by atoms with Crippen molar-refractivity contribution >= 4 is 11.4 Å².